The fourth-order valence-corrected chi connectivity index (χ4v) is 1.75. The number of carbonyl (C=O) groups excluding carboxylic acids is 1. The summed E-state index contributed by atoms with van der Waals surface area (Å²) in [6.45, 7) is 5.48. The maximum Gasteiger partial charge on any atom is 0.305 e. The first-order valence-electron chi connectivity index (χ1n) is 7.16. The van der Waals surface area contributed by atoms with Crippen molar-refractivity contribution in [2.24, 2.45) is 0 Å². The Labute approximate surface area is 121 Å². The summed E-state index contributed by atoms with van der Waals surface area (Å²) in [5.41, 5.74) is 0.984. The average molecular weight is 280 g/mol. The Kier molecular flexibility index (Phi) is 7.55. The van der Waals surface area contributed by atoms with Gasteiger partial charge in [0.2, 0.25) is 0 Å². The highest BCUT2D eigenvalue weighted by atomic mass is 16.5. The van der Waals surface area contributed by atoms with Crippen LogP contribution in [-0.4, -0.2) is 26.3 Å². The highest BCUT2D eigenvalue weighted by Gasteiger charge is 2.09. The summed E-state index contributed by atoms with van der Waals surface area (Å²) in [4.78, 5) is 11.3. The molecule has 0 radical (unpaired) electrons. The highest BCUT2D eigenvalue weighted by molar-refractivity contribution is 5.69. The van der Waals surface area contributed by atoms with Crippen LogP contribution in [0.15, 0.2) is 18.2 Å². The number of hydrogen-bond acceptors (Lipinski definition) is 4. The smallest absolute Gasteiger partial charge is 0.305 e. The summed E-state index contributed by atoms with van der Waals surface area (Å²) in [6.07, 6.45) is 2.85. The monoisotopic (exact) mass is 280 g/mol. The van der Waals surface area contributed by atoms with E-state index < -0.39 is 0 Å². The van der Waals surface area contributed by atoms with Gasteiger partial charge in [0.1, 0.15) is 11.5 Å². The van der Waals surface area contributed by atoms with E-state index in [1.165, 1.54) is 7.11 Å². The first-order chi connectivity index (χ1) is 9.71. The fraction of sp³-hybridized carbons (Fsp3) is 0.562. The quantitative estimate of drug-likeness (QED) is 0.651. The van der Waals surface area contributed by atoms with Gasteiger partial charge >= 0.3 is 5.97 Å². The van der Waals surface area contributed by atoms with Crippen molar-refractivity contribution in [1.29, 1.82) is 0 Å². The van der Waals surface area contributed by atoms with Crippen LogP contribution < -0.4 is 9.47 Å². The molecule has 0 aromatic heterocycles. The normalized spacial score (nSPS) is 10.2. The third kappa shape index (κ3) is 5.51. The van der Waals surface area contributed by atoms with Gasteiger partial charge in [0.15, 0.2) is 0 Å². The van der Waals surface area contributed by atoms with Gasteiger partial charge in [0.25, 0.3) is 0 Å². The Hall–Kier alpha value is -1.71. The number of aryl methyl sites for hydroxylation is 1. The fourth-order valence-electron chi connectivity index (χ4n) is 1.75. The van der Waals surface area contributed by atoms with Crippen LogP contribution in [0.25, 0.3) is 0 Å². The predicted octanol–water partition coefficient (Wildman–Crippen LogP) is 3.37. The Morgan fingerprint density at radius 2 is 1.80 bits per heavy atom. The van der Waals surface area contributed by atoms with Gasteiger partial charge in [0, 0.05) is 6.42 Å². The molecule has 20 heavy (non-hydrogen) atoms. The zero-order valence-corrected chi connectivity index (χ0v) is 12.6. The van der Waals surface area contributed by atoms with Crippen molar-refractivity contribution in [3.8, 4) is 11.5 Å². The van der Waals surface area contributed by atoms with E-state index in [2.05, 4.69) is 18.6 Å². The van der Waals surface area contributed by atoms with Crippen molar-refractivity contribution in [3.05, 3.63) is 23.8 Å². The minimum atomic E-state index is -0.216. The highest BCUT2D eigenvalue weighted by Crippen LogP contribution is 2.26. The minimum absolute atomic E-state index is 0.216. The number of hydrogen-bond donors (Lipinski definition) is 0. The number of carbonyl (C=O) groups is 1. The summed E-state index contributed by atoms with van der Waals surface area (Å²) < 4.78 is 16.0. The summed E-state index contributed by atoms with van der Waals surface area (Å²) in [5, 5.41) is 0. The van der Waals surface area contributed by atoms with E-state index in [1.807, 2.05) is 18.2 Å². The molecule has 0 aliphatic heterocycles. The van der Waals surface area contributed by atoms with Crippen LogP contribution in [0.4, 0.5) is 0 Å². The number of ether oxygens (including phenoxy) is 3. The Balaban J connectivity index is 2.78. The van der Waals surface area contributed by atoms with Crippen LogP contribution in [-0.2, 0) is 16.0 Å². The number of esters is 1. The lowest BCUT2D eigenvalue weighted by Crippen LogP contribution is -2.05. The summed E-state index contributed by atoms with van der Waals surface area (Å²) in [6, 6.07) is 5.76. The molecule has 0 bridgehead atoms. The van der Waals surface area contributed by atoms with Crippen LogP contribution in [0.1, 0.15) is 38.7 Å². The van der Waals surface area contributed by atoms with E-state index in [-0.39, 0.29) is 5.97 Å². The van der Waals surface area contributed by atoms with E-state index in [1.54, 1.807) is 0 Å². The number of rotatable bonds is 9. The van der Waals surface area contributed by atoms with Gasteiger partial charge in [-0.15, -0.1) is 0 Å². The van der Waals surface area contributed by atoms with E-state index in [9.17, 15) is 4.79 Å². The van der Waals surface area contributed by atoms with Crippen LogP contribution in [0.2, 0.25) is 0 Å². The molecule has 0 aliphatic rings. The molecule has 0 atom stereocenters. The minimum Gasteiger partial charge on any atom is -0.494 e. The van der Waals surface area contributed by atoms with Crippen LogP contribution >= 0.6 is 0 Å². The topological polar surface area (TPSA) is 44.8 Å². The number of benzene rings is 1. The van der Waals surface area contributed by atoms with Crippen molar-refractivity contribution >= 4 is 5.97 Å². The molecule has 1 aromatic carbocycles. The molecule has 4 nitrogen and oxygen atoms in total. The molecular weight excluding hydrogens is 256 g/mol. The van der Waals surface area contributed by atoms with Gasteiger partial charge < -0.3 is 14.2 Å². The molecule has 112 valence electrons. The summed E-state index contributed by atoms with van der Waals surface area (Å²) in [5.74, 6) is 1.42. The molecule has 0 saturated carbocycles. The third-order valence-electron chi connectivity index (χ3n) is 2.79. The first kappa shape index (κ1) is 16.3. The maximum atomic E-state index is 11.3. The van der Waals surface area contributed by atoms with Gasteiger partial charge in [0.05, 0.1) is 20.3 Å². The maximum absolute atomic E-state index is 11.3. The summed E-state index contributed by atoms with van der Waals surface area (Å²) in [7, 11) is 1.40. The van der Waals surface area contributed by atoms with E-state index in [0.717, 1.165) is 29.9 Å². The SMILES string of the molecule is CCCOc1ccc(OCCC)c(CCC(=O)OC)c1. The molecule has 0 amide bonds. The van der Waals surface area contributed by atoms with Gasteiger partial charge in [-0.1, -0.05) is 13.8 Å². The lowest BCUT2D eigenvalue weighted by Gasteiger charge is -2.13. The molecule has 0 unspecified atom stereocenters. The molecule has 0 N–H and O–H groups in total. The zero-order valence-electron chi connectivity index (χ0n) is 12.6. The summed E-state index contributed by atoms with van der Waals surface area (Å²) >= 11 is 0. The van der Waals surface area contributed by atoms with Crippen LogP contribution in [0.5, 0.6) is 11.5 Å². The zero-order chi connectivity index (χ0) is 14.8. The molecule has 0 spiro atoms. The predicted molar refractivity (Wildman–Crippen MR) is 78.4 cm³/mol. The van der Waals surface area contributed by atoms with E-state index in [4.69, 9.17) is 9.47 Å². The number of methoxy groups -OCH3 is 1. The average Bonchev–Trinajstić information content (AvgIpc) is 2.49. The van der Waals surface area contributed by atoms with Gasteiger partial charge in [-0.25, -0.2) is 0 Å². The molecular formula is C16H24O4. The van der Waals surface area contributed by atoms with Gasteiger partial charge in [-0.2, -0.15) is 0 Å². The molecule has 0 heterocycles. The second-order valence-electron chi connectivity index (χ2n) is 4.54. The van der Waals surface area contributed by atoms with Crippen LogP contribution in [0, 0.1) is 0 Å². The van der Waals surface area contributed by atoms with Crippen molar-refractivity contribution < 1.29 is 19.0 Å². The van der Waals surface area contributed by atoms with Crippen LogP contribution in [0.3, 0.4) is 0 Å². The third-order valence-corrected chi connectivity index (χ3v) is 2.79. The van der Waals surface area contributed by atoms with Crippen molar-refractivity contribution in [1.82, 2.24) is 0 Å². The Morgan fingerprint density at radius 1 is 1.10 bits per heavy atom. The van der Waals surface area contributed by atoms with Crippen molar-refractivity contribution in [2.45, 2.75) is 39.5 Å². The molecule has 4 heteroatoms. The van der Waals surface area contributed by atoms with E-state index in [0.29, 0.717) is 26.1 Å². The molecule has 0 aliphatic carbocycles. The van der Waals surface area contributed by atoms with Gasteiger partial charge in [-0.3, -0.25) is 4.79 Å². The molecule has 0 fully saturated rings. The van der Waals surface area contributed by atoms with E-state index >= 15 is 0 Å². The Morgan fingerprint density at radius 3 is 2.45 bits per heavy atom. The van der Waals surface area contributed by atoms with Crippen molar-refractivity contribution in [3.63, 3.8) is 0 Å². The second kappa shape index (κ2) is 9.23. The second-order valence-corrected chi connectivity index (χ2v) is 4.54. The van der Waals surface area contributed by atoms with Gasteiger partial charge in [-0.05, 0) is 43.0 Å². The standard InChI is InChI=1S/C16H24O4/c1-4-10-19-14-7-8-15(20-11-5-2)13(12-14)6-9-16(17)18-3/h7-8,12H,4-6,9-11H2,1-3H3. The molecule has 0 saturated heterocycles. The lowest BCUT2D eigenvalue weighted by atomic mass is 10.1. The largest absolute Gasteiger partial charge is 0.494 e. The molecule has 1 rings (SSSR count). The van der Waals surface area contributed by atoms with Crippen molar-refractivity contribution in [2.75, 3.05) is 20.3 Å². The lowest BCUT2D eigenvalue weighted by molar-refractivity contribution is -0.140. The first-order valence-corrected chi connectivity index (χ1v) is 7.16. The molecule has 1 aromatic rings. The Bertz CT molecular complexity index is 415.